The van der Waals surface area contributed by atoms with Crippen molar-refractivity contribution in [3.63, 3.8) is 0 Å². The summed E-state index contributed by atoms with van der Waals surface area (Å²) in [4.78, 5) is 13.4. The molecule has 0 aromatic heterocycles. The van der Waals surface area contributed by atoms with Gasteiger partial charge in [0.1, 0.15) is 5.78 Å². The van der Waals surface area contributed by atoms with Crippen molar-refractivity contribution < 1.29 is 4.79 Å². The van der Waals surface area contributed by atoms with Gasteiger partial charge in [0, 0.05) is 36.1 Å². The molecule has 3 heteroatoms. The molecule has 0 unspecified atom stereocenters. The molecule has 0 spiro atoms. The smallest absolute Gasteiger partial charge is 0.136 e. The number of carbonyl (C=O) groups excluding carboxylic acids is 1. The highest BCUT2D eigenvalue weighted by Crippen LogP contribution is 2.24. The summed E-state index contributed by atoms with van der Waals surface area (Å²) in [5.74, 6) is 0.389. The summed E-state index contributed by atoms with van der Waals surface area (Å²) < 4.78 is 1.14. The molecule has 0 radical (unpaired) electrons. The van der Waals surface area contributed by atoms with Gasteiger partial charge in [0.15, 0.2) is 0 Å². The van der Waals surface area contributed by atoms with Gasteiger partial charge < -0.3 is 4.90 Å². The largest absolute Gasteiger partial charge is 0.371 e. The molecule has 80 valence electrons. The van der Waals surface area contributed by atoms with Gasteiger partial charge in [-0.15, -0.1) is 0 Å². The molecule has 1 heterocycles. The van der Waals surface area contributed by atoms with Crippen molar-refractivity contribution in [2.24, 2.45) is 0 Å². The van der Waals surface area contributed by atoms with Crippen molar-refractivity contribution in [1.82, 2.24) is 0 Å². The van der Waals surface area contributed by atoms with Crippen LogP contribution in [0, 0.1) is 6.92 Å². The summed E-state index contributed by atoms with van der Waals surface area (Å²) in [5.41, 5.74) is 2.47. The molecule has 1 aliphatic heterocycles. The van der Waals surface area contributed by atoms with Crippen LogP contribution in [0.15, 0.2) is 22.7 Å². The quantitative estimate of drug-likeness (QED) is 0.780. The number of hydrogen-bond donors (Lipinski definition) is 0. The number of nitrogens with zero attached hydrogens (tertiary/aromatic N) is 1. The third-order valence-corrected chi connectivity index (χ3v) is 3.72. The van der Waals surface area contributed by atoms with Gasteiger partial charge in [-0.25, -0.2) is 0 Å². The number of anilines is 1. The Morgan fingerprint density at radius 2 is 1.93 bits per heavy atom. The third-order valence-electron chi connectivity index (χ3n) is 2.83. The summed E-state index contributed by atoms with van der Waals surface area (Å²) in [5, 5.41) is 0. The van der Waals surface area contributed by atoms with Gasteiger partial charge in [-0.2, -0.15) is 0 Å². The second-order valence-electron chi connectivity index (χ2n) is 3.96. The van der Waals surface area contributed by atoms with Crippen molar-refractivity contribution >= 4 is 27.4 Å². The molecule has 0 atom stereocenters. The van der Waals surface area contributed by atoms with E-state index in [1.165, 1.54) is 11.3 Å². The van der Waals surface area contributed by atoms with Gasteiger partial charge in [-0.05, 0) is 30.7 Å². The van der Waals surface area contributed by atoms with E-state index in [9.17, 15) is 4.79 Å². The first-order valence-corrected chi connectivity index (χ1v) is 5.99. The van der Waals surface area contributed by atoms with E-state index in [0.29, 0.717) is 18.6 Å². The van der Waals surface area contributed by atoms with E-state index in [0.717, 1.165) is 17.6 Å². The molecular formula is C12H14BrNO. The Balaban J connectivity index is 2.16. The maximum Gasteiger partial charge on any atom is 0.136 e. The minimum atomic E-state index is 0.389. The number of halogens is 1. The normalized spacial score (nSPS) is 16.9. The maximum atomic E-state index is 11.1. The maximum absolute atomic E-state index is 11.1. The Kier molecular flexibility index (Phi) is 3.10. The lowest BCUT2D eigenvalue weighted by Crippen LogP contribution is -2.33. The van der Waals surface area contributed by atoms with Gasteiger partial charge in [-0.3, -0.25) is 4.79 Å². The molecule has 2 rings (SSSR count). The van der Waals surface area contributed by atoms with E-state index in [4.69, 9.17) is 0 Å². The number of benzene rings is 1. The summed E-state index contributed by atoms with van der Waals surface area (Å²) in [6, 6.07) is 6.34. The van der Waals surface area contributed by atoms with Crippen LogP contribution in [0.1, 0.15) is 18.4 Å². The molecule has 0 bridgehead atoms. The van der Waals surface area contributed by atoms with Gasteiger partial charge in [-0.1, -0.05) is 15.9 Å². The van der Waals surface area contributed by atoms with Gasteiger partial charge in [0.2, 0.25) is 0 Å². The van der Waals surface area contributed by atoms with Crippen LogP contribution in [0.25, 0.3) is 0 Å². The Bertz CT molecular complexity index is 379. The lowest BCUT2D eigenvalue weighted by Gasteiger charge is -2.28. The van der Waals surface area contributed by atoms with Crippen LogP contribution >= 0.6 is 15.9 Å². The fourth-order valence-corrected chi connectivity index (χ4v) is 2.09. The molecule has 1 fully saturated rings. The summed E-state index contributed by atoms with van der Waals surface area (Å²) in [6.45, 7) is 3.81. The molecule has 15 heavy (non-hydrogen) atoms. The topological polar surface area (TPSA) is 20.3 Å². The minimum absolute atomic E-state index is 0.389. The lowest BCUT2D eigenvalue weighted by molar-refractivity contribution is -0.119. The zero-order valence-electron chi connectivity index (χ0n) is 8.79. The van der Waals surface area contributed by atoms with Crippen molar-refractivity contribution in [3.8, 4) is 0 Å². The molecule has 1 aromatic carbocycles. The predicted octanol–water partition coefficient (Wildman–Crippen LogP) is 2.93. The van der Waals surface area contributed by atoms with E-state index in [1.807, 2.05) is 0 Å². The predicted molar refractivity (Wildman–Crippen MR) is 65.3 cm³/mol. The van der Waals surface area contributed by atoms with Crippen LogP contribution in [-0.2, 0) is 4.79 Å². The first-order valence-electron chi connectivity index (χ1n) is 5.19. The number of Topliss-reactive ketones (excluding diaryl/α,β-unsaturated/α-hetero) is 1. The minimum Gasteiger partial charge on any atom is -0.371 e. The average Bonchev–Trinajstić information content (AvgIpc) is 2.23. The molecule has 1 saturated heterocycles. The number of aryl methyl sites for hydroxylation is 1. The van der Waals surface area contributed by atoms with Gasteiger partial charge in [0.25, 0.3) is 0 Å². The molecule has 1 aromatic rings. The van der Waals surface area contributed by atoms with Crippen molar-refractivity contribution in [2.45, 2.75) is 19.8 Å². The average molecular weight is 268 g/mol. The highest BCUT2D eigenvalue weighted by atomic mass is 79.9. The Morgan fingerprint density at radius 1 is 1.27 bits per heavy atom. The zero-order valence-corrected chi connectivity index (χ0v) is 10.4. The SMILES string of the molecule is Cc1cc(N2CCC(=O)CC2)ccc1Br. The fourth-order valence-electron chi connectivity index (χ4n) is 1.84. The van der Waals surface area contributed by atoms with Gasteiger partial charge in [0.05, 0.1) is 0 Å². The van der Waals surface area contributed by atoms with Crippen LogP contribution in [0.4, 0.5) is 5.69 Å². The Morgan fingerprint density at radius 3 is 2.53 bits per heavy atom. The molecule has 0 amide bonds. The first-order chi connectivity index (χ1) is 7.16. The standard InChI is InChI=1S/C12H14BrNO/c1-9-8-10(2-3-12(9)13)14-6-4-11(15)5-7-14/h2-3,8H,4-7H2,1H3. The van der Waals surface area contributed by atoms with Crippen molar-refractivity contribution in [2.75, 3.05) is 18.0 Å². The van der Waals surface area contributed by atoms with E-state index in [1.54, 1.807) is 0 Å². The zero-order chi connectivity index (χ0) is 10.8. The molecular weight excluding hydrogens is 254 g/mol. The highest BCUT2D eigenvalue weighted by molar-refractivity contribution is 9.10. The molecule has 0 saturated carbocycles. The summed E-state index contributed by atoms with van der Waals surface area (Å²) in [6.07, 6.45) is 1.38. The van der Waals surface area contributed by atoms with Gasteiger partial charge >= 0.3 is 0 Å². The number of piperidine rings is 1. The Labute approximate surface area is 98.4 Å². The molecule has 0 aliphatic carbocycles. The third kappa shape index (κ3) is 2.40. The second kappa shape index (κ2) is 4.35. The van der Waals surface area contributed by atoms with Crippen LogP contribution in [0.2, 0.25) is 0 Å². The Hall–Kier alpha value is -0.830. The monoisotopic (exact) mass is 267 g/mol. The van der Waals surface area contributed by atoms with E-state index in [2.05, 4.69) is 46.0 Å². The number of hydrogen-bond acceptors (Lipinski definition) is 2. The van der Waals surface area contributed by atoms with Crippen LogP contribution < -0.4 is 4.90 Å². The first kappa shape index (κ1) is 10.7. The number of rotatable bonds is 1. The van der Waals surface area contributed by atoms with Crippen LogP contribution in [-0.4, -0.2) is 18.9 Å². The fraction of sp³-hybridized carbons (Fsp3) is 0.417. The summed E-state index contributed by atoms with van der Waals surface area (Å²) >= 11 is 3.49. The molecule has 2 nitrogen and oxygen atoms in total. The van der Waals surface area contributed by atoms with E-state index < -0.39 is 0 Å². The lowest BCUT2D eigenvalue weighted by atomic mass is 10.1. The second-order valence-corrected chi connectivity index (χ2v) is 4.81. The van der Waals surface area contributed by atoms with Crippen molar-refractivity contribution in [1.29, 1.82) is 0 Å². The van der Waals surface area contributed by atoms with Crippen LogP contribution in [0.3, 0.4) is 0 Å². The molecule has 1 aliphatic rings. The summed E-state index contributed by atoms with van der Waals surface area (Å²) in [7, 11) is 0. The van der Waals surface area contributed by atoms with E-state index in [-0.39, 0.29) is 0 Å². The number of ketones is 1. The van der Waals surface area contributed by atoms with E-state index >= 15 is 0 Å². The van der Waals surface area contributed by atoms with Crippen LogP contribution in [0.5, 0.6) is 0 Å². The molecule has 0 N–H and O–H groups in total. The highest BCUT2D eigenvalue weighted by Gasteiger charge is 2.16. The number of carbonyl (C=O) groups is 1. The van der Waals surface area contributed by atoms with Crippen molar-refractivity contribution in [3.05, 3.63) is 28.2 Å².